The number of alkyl halides is 2. The van der Waals surface area contributed by atoms with Crippen molar-refractivity contribution in [3.63, 3.8) is 0 Å². The van der Waals surface area contributed by atoms with Gasteiger partial charge in [-0.2, -0.15) is 0 Å². The van der Waals surface area contributed by atoms with Gasteiger partial charge in [0.1, 0.15) is 6.10 Å². The minimum absolute atomic E-state index is 0.00868. The van der Waals surface area contributed by atoms with Gasteiger partial charge in [0.25, 0.3) is 0 Å². The van der Waals surface area contributed by atoms with Crippen LogP contribution in [0, 0.1) is 5.92 Å². The van der Waals surface area contributed by atoms with Gasteiger partial charge in [-0.3, -0.25) is 4.79 Å². The predicted octanol–water partition coefficient (Wildman–Crippen LogP) is 2.10. The number of hydrogen-bond donors (Lipinski definition) is 0. The van der Waals surface area contributed by atoms with Gasteiger partial charge in [-0.25, -0.2) is 0 Å². The molecule has 0 aromatic heterocycles. The minimum Gasteiger partial charge on any atom is -0.459 e. The molecule has 0 aromatic carbocycles. The van der Waals surface area contributed by atoms with Crippen molar-refractivity contribution < 1.29 is 9.53 Å². The molecule has 4 heteroatoms. The van der Waals surface area contributed by atoms with Crippen LogP contribution < -0.4 is 0 Å². The number of halogens is 2. The fourth-order valence-electron chi connectivity index (χ4n) is 1.16. The maximum absolute atomic E-state index is 11.0. The largest absolute Gasteiger partial charge is 0.459 e. The van der Waals surface area contributed by atoms with Crippen molar-refractivity contribution in [2.45, 2.75) is 24.3 Å². The number of ether oxygens (including phenoxy) is 1. The van der Waals surface area contributed by atoms with Crippen LogP contribution in [0.3, 0.4) is 0 Å². The molecule has 1 aliphatic heterocycles. The maximum Gasteiger partial charge on any atom is 0.327 e. The van der Waals surface area contributed by atoms with Gasteiger partial charge >= 0.3 is 5.97 Å². The number of rotatable bonds is 2. The second kappa shape index (κ2) is 3.05. The first kappa shape index (κ1) is 9.52. The zero-order valence-electron chi connectivity index (χ0n) is 6.43. The lowest BCUT2D eigenvalue weighted by atomic mass is 9.90. The molecule has 2 nitrogen and oxygen atoms in total. The van der Waals surface area contributed by atoms with Gasteiger partial charge in [0.05, 0.1) is 0 Å². The lowest BCUT2D eigenvalue weighted by Crippen LogP contribution is -2.61. The third-order valence-electron chi connectivity index (χ3n) is 1.82. The molecule has 0 radical (unpaired) electrons. The van der Waals surface area contributed by atoms with Gasteiger partial charge < -0.3 is 4.74 Å². The van der Waals surface area contributed by atoms with Crippen LogP contribution in [0.2, 0.25) is 0 Å². The van der Waals surface area contributed by atoms with Crippen molar-refractivity contribution in [1.82, 2.24) is 0 Å². The Balaban J connectivity index is 2.68. The molecule has 2 atom stereocenters. The molecule has 0 unspecified atom stereocenters. The van der Waals surface area contributed by atoms with Gasteiger partial charge in [0.15, 0.2) is 4.32 Å². The van der Waals surface area contributed by atoms with E-state index in [9.17, 15) is 4.79 Å². The molecular formula is C7H10Br2O2. The summed E-state index contributed by atoms with van der Waals surface area (Å²) in [5, 5.41) is 0.613. The first-order valence-electron chi connectivity index (χ1n) is 3.48. The summed E-state index contributed by atoms with van der Waals surface area (Å²) in [5.74, 6) is 0.206. The van der Waals surface area contributed by atoms with Crippen molar-refractivity contribution >= 4 is 37.8 Å². The third kappa shape index (κ3) is 1.35. The first-order valence-corrected chi connectivity index (χ1v) is 5.39. The number of esters is 1. The van der Waals surface area contributed by atoms with E-state index < -0.39 is 4.32 Å². The normalized spacial score (nSPS) is 36.8. The minimum atomic E-state index is -0.471. The Morgan fingerprint density at radius 3 is 2.45 bits per heavy atom. The molecule has 11 heavy (non-hydrogen) atoms. The van der Waals surface area contributed by atoms with Crippen LogP contribution in [0.4, 0.5) is 0 Å². The fraction of sp³-hybridized carbons (Fsp3) is 0.857. The van der Waals surface area contributed by atoms with Crippen LogP contribution in [-0.4, -0.2) is 21.7 Å². The molecule has 0 aromatic rings. The van der Waals surface area contributed by atoms with E-state index in [1.165, 1.54) is 0 Å². The predicted molar refractivity (Wildman–Crippen MR) is 50.2 cm³/mol. The molecule has 1 rings (SSSR count). The highest BCUT2D eigenvalue weighted by molar-refractivity contribution is 9.12. The Kier molecular flexibility index (Phi) is 2.64. The standard InChI is InChI=1S/C7H10Br2O2/c1-4(2)5-7(9,3-8)6(10)11-5/h4-5H,3H2,1-2H3/t5-,7+/m1/s1. The number of cyclic esters (lactones) is 1. The molecule has 1 saturated heterocycles. The Hall–Kier alpha value is 0.430. The summed E-state index contributed by atoms with van der Waals surface area (Å²) in [5.41, 5.74) is 0. The highest BCUT2D eigenvalue weighted by Gasteiger charge is 2.56. The van der Waals surface area contributed by atoms with Gasteiger partial charge in [0, 0.05) is 5.33 Å². The Morgan fingerprint density at radius 2 is 2.27 bits per heavy atom. The summed E-state index contributed by atoms with van der Waals surface area (Å²) < 4.78 is 4.52. The number of carbonyl (C=O) groups is 1. The van der Waals surface area contributed by atoms with E-state index in [0.717, 1.165) is 0 Å². The zero-order chi connectivity index (χ0) is 8.65. The second-order valence-corrected chi connectivity index (χ2v) is 5.04. The Bertz CT molecular complexity index is 181. The average Bonchev–Trinajstić information content (AvgIpc) is 1.97. The van der Waals surface area contributed by atoms with Crippen LogP contribution in [0.5, 0.6) is 0 Å². The third-order valence-corrected chi connectivity index (χ3v) is 4.52. The van der Waals surface area contributed by atoms with Crippen LogP contribution in [0.1, 0.15) is 13.8 Å². The molecule has 64 valence electrons. The van der Waals surface area contributed by atoms with E-state index in [-0.39, 0.29) is 12.1 Å². The lowest BCUT2D eigenvalue weighted by Gasteiger charge is -2.43. The summed E-state index contributed by atoms with van der Waals surface area (Å²) in [4.78, 5) is 11.0. The molecule has 0 saturated carbocycles. The van der Waals surface area contributed by atoms with E-state index in [2.05, 4.69) is 31.9 Å². The molecule has 0 bridgehead atoms. The van der Waals surface area contributed by atoms with Crippen LogP contribution in [0.25, 0.3) is 0 Å². The SMILES string of the molecule is CC(C)[C@H]1OC(=O)[C@]1(Br)CBr. The smallest absolute Gasteiger partial charge is 0.327 e. The van der Waals surface area contributed by atoms with Crippen molar-refractivity contribution in [3.8, 4) is 0 Å². The average molecular weight is 286 g/mol. The van der Waals surface area contributed by atoms with E-state index in [1.807, 2.05) is 13.8 Å². The second-order valence-electron chi connectivity index (χ2n) is 3.07. The first-order chi connectivity index (χ1) is 5.02. The van der Waals surface area contributed by atoms with Crippen molar-refractivity contribution in [2.24, 2.45) is 5.92 Å². The lowest BCUT2D eigenvalue weighted by molar-refractivity contribution is -0.180. The van der Waals surface area contributed by atoms with E-state index >= 15 is 0 Å². The summed E-state index contributed by atoms with van der Waals surface area (Å²) in [6.07, 6.45) is 0.00868. The maximum atomic E-state index is 11.0. The monoisotopic (exact) mass is 284 g/mol. The van der Waals surface area contributed by atoms with Gasteiger partial charge in [0.2, 0.25) is 0 Å². The Labute approximate surface area is 82.9 Å². The summed E-state index contributed by atoms with van der Waals surface area (Å²) in [6, 6.07) is 0. The molecule has 1 heterocycles. The molecule has 0 spiro atoms. The van der Waals surface area contributed by atoms with E-state index in [0.29, 0.717) is 11.2 Å². The molecule has 0 aliphatic carbocycles. The van der Waals surface area contributed by atoms with Crippen molar-refractivity contribution in [2.75, 3.05) is 5.33 Å². The molecule has 0 N–H and O–H groups in total. The highest BCUT2D eigenvalue weighted by Crippen LogP contribution is 2.41. The van der Waals surface area contributed by atoms with Gasteiger partial charge in [-0.05, 0) is 5.92 Å². The van der Waals surface area contributed by atoms with Crippen molar-refractivity contribution in [3.05, 3.63) is 0 Å². The number of carbonyl (C=O) groups excluding carboxylic acids is 1. The summed E-state index contributed by atoms with van der Waals surface area (Å²) in [6.45, 7) is 4.07. The van der Waals surface area contributed by atoms with Gasteiger partial charge in [-0.15, -0.1) is 0 Å². The Morgan fingerprint density at radius 1 is 1.73 bits per heavy atom. The zero-order valence-corrected chi connectivity index (χ0v) is 9.61. The number of hydrogen-bond acceptors (Lipinski definition) is 2. The van der Waals surface area contributed by atoms with Gasteiger partial charge in [-0.1, -0.05) is 45.7 Å². The molecule has 1 aliphatic rings. The molecule has 1 fully saturated rings. The molecular weight excluding hydrogens is 276 g/mol. The molecule has 0 amide bonds. The summed E-state index contributed by atoms with van der Waals surface area (Å²) >= 11 is 6.66. The fourth-order valence-corrected chi connectivity index (χ4v) is 2.42. The summed E-state index contributed by atoms with van der Waals surface area (Å²) in [7, 11) is 0. The van der Waals surface area contributed by atoms with E-state index in [1.54, 1.807) is 0 Å². The quantitative estimate of drug-likeness (QED) is 0.574. The van der Waals surface area contributed by atoms with Crippen molar-refractivity contribution in [1.29, 1.82) is 0 Å². The van der Waals surface area contributed by atoms with E-state index in [4.69, 9.17) is 4.74 Å². The highest BCUT2D eigenvalue weighted by atomic mass is 79.9. The van der Waals surface area contributed by atoms with Crippen LogP contribution >= 0.6 is 31.9 Å². The topological polar surface area (TPSA) is 26.3 Å². The van der Waals surface area contributed by atoms with Crippen LogP contribution in [-0.2, 0) is 9.53 Å². The van der Waals surface area contributed by atoms with Crippen LogP contribution in [0.15, 0.2) is 0 Å².